The van der Waals surface area contributed by atoms with Crippen molar-refractivity contribution in [1.29, 1.82) is 0 Å². The lowest BCUT2D eigenvalue weighted by molar-refractivity contribution is -0.131. The first-order valence-electron chi connectivity index (χ1n) is 9.73. The van der Waals surface area contributed by atoms with Gasteiger partial charge >= 0.3 is 0 Å². The highest BCUT2D eigenvalue weighted by Gasteiger charge is 2.39. The number of nitrogens with one attached hydrogen (secondary N) is 3. The van der Waals surface area contributed by atoms with Gasteiger partial charge in [-0.25, -0.2) is 8.42 Å². The van der Waals surface area contributed by atoms with Crippen LogP contribution >= 0.6 is 11.3 Å². The molecule has 9 nitrogen and oxygen atoms in total. The molecule has 2 aromatic rings. The minimum atomic E-state index is -4.01. The summed E-state index contributed by atoms with van der Waals surface area (Å²) in [6.45, 7) is 1.99. The van der Waals surface area contributed by atoms with Crippen LogP contribution in [-0.2, 0) is 30.8 Å². The summed E-state index contributed by atoms with van der Waals surface area (Å²) < 4.78 is 27.4. The third-order valence-electron chi connectivity index (χ3n) is 4.72. The van der Waals surface area contributed by atoms with Crippen LogP contribution in [0.3, 0.4) is 0 Å². The summed E-state index contributed by atoms with van der Waals surface area (Å²) in [5.74, 6) is -1.16. The van der Waals surface area contributed by atoms with Gasteiger partial charge in [-0.1, -0.05) is 6.07 Å². The van der Waals surface area contributed by atoms with Crippen LogP contribution in [0, 0.1) is 0 Å². The molecule has 1 aromatic heterocycles. The second-order valence-electron chi connectivity index (χ2n) is 7.01. The van der Waals surface area contributed by atoms with E-state index >= 15 is 0 Å². The lowest BCUT2D eigenvalue weighted by Crippen LogP contribution is -2.58. The monoisotopic (exact) mass is 464 g/mol. The van der Waals surface area contributed by atoms with Crippen LogP contribution in [0.5, 0.6) is 0 Å². The standard InChI is InChI=1S/C20H24N4O5S2/c1-14(25)23-15-4-6-17(7-5-15)31(28,29)24-11-10-22-20(27)18(24)13-19(26)21-9-8-16-3-2-12-30-16/h2-7,12,18H,8-11,13H2,1H3,(H,21,26)(H,22,27)(H,23,25)/t18-/m0/s1. The summed E-state index contributed by atoms with van der Waals surface area (Å²) in [6, 6.07) is 8.46. The average Bonchev–Trinajstić information content (AvgIpc) is 3.23. The van der Waals surface area contributed by atoms with Crippen molar-refractivity contribution in [3.63, 3.8) is 0 Å². The SMILES string of the molecule is CC(=O)Nc1ccc(S(=O)(=O)N2CCNC(=O)[C@@H]2CC(=O)NCCc2cccs2)cc1. The predicted octanol–water partition coefficient (Wildman–Crippen LogP) is 0.945. The van der Waals surface area contributed by atoms with E-state index in [2.05, 4.69) is 16.0 Å². The van der Waals surface area contributed by atoms with Crippen molar-refractivity contribution >= 4 is 44.8 Å². The van der Waals surface area contributed by atoms with E-state index in [1.54, 1.807) is 11.3 Å². The van der Waals surface area contributed by atoms with E-state index in [0.29, 0.717) is 18.7 Å². The Morgan fingerprint density at radius 2 is 1.97 bits per heavy atom. The summed E-state index contributed by atoms with van der Waals surface area (Å²) in [6.07, 6.45) is 0.405. The fourth-order valence-electron chi connectivity index (χ4n) is 3.25. The van der Waals surface area contributed by atoms with Crippen molar-refractivity contribution in [2.45, 2.75) is 30.7 Å². The molecule has 0 bridgehead atoms. The van der Waals surface area contributed by atoms with Crippen LogP contribution in [0.1, 0.15) is 18.2 Å². The summed E-state index contributed by atoms with van der Waals surface area (Å²) >= 11 is 1.59. The first-order chi connectivity index (χ1) is 14.8. The van der Waals surface area contributed by atoms with Gasteiger partial charge in [0.15, 0.2) is 0 Å². The number of piperazine rings is 1. The molecule has 2 heterocycles. The number of sulfonamides is 1. The number of hydrogen-bond acceptors (Lipinski definition) is 6. The van der Waals surface area contributed by atoms with Crippen molar-refractivity contribution in [1.82, 2.24) is 14.9 Å². The van der Waals surface area contributed by atoms with Gasteiger partial charge in [-0.3, -0.25) is 14.4 Å². The normalized spacial score (nSPS) is 17.1. The van der Waals surface area contributed by atoms with Gasteiger partial charge in [0.1, 0.15) is 6.04 Å². The molecular formula is C20H24N4O5S2. The molecule has 1 atom stereocenters. The number of thiophene rings is 1. The topological polar surface area (TPSA) is 125 Å². The molecule has 1 aliphatic rings. The fraction of sp³-hybridized carbons (Fsp3) is 0.350. The first kappa shape index (κ1) is 22.9. The fourth-order valence-corrected chi connectivity index (χ4v) is 5.55. The van der Waals surface area contributed by atoms with Gasteiger partial charge in [-0.15, -0.1) is 11.3 Å². The molecule has 31 heavy (non-hydrogen) atoms. The van der Waals surface area contributed by atoms with Crippen LogP contribution < -0.4 is 16.0 Å². The molecule has 3 amide bonds. The molecule has 0 radical (unpaired) electrons. The maximum absolute atomic E-state index is 13.2. The summed E-state index contributed by atoms with van der Waals surface area (Å²) in [5, 5.41) is 9.91. The Bertz CT molecular complexity index is 1040. The van der Waals surface area contributed by atoms with Crippen molar-refractivity contribution in [3.8, 4) is 0 Å². The minimum absolute atomic E-state index is 0.0144. The zero-order valence-corrected chi connectivity index (χ0v) is 18.6. The number of hydrogen-bond donors (Lipinski definition) is 3. The number of carbonyl (C=O) groups excluding carboxylic acids is 3. The van der Waals surface area contributed by atoms with Gasteiger partial charge in [-0.2, -0.15) is 4.31 Å². The molecule has 11 heteroatoms. The second-order valence-corrected chi connectivity index (χ2v) is 9.93. The molecule has 0 saturated carbocycles. The van der Waals surface area contributed by atoms with E-state index < -0.39 is 22.0 Å². The highest BCUT2D eigenvalue weighted by molar-refractivity contribution is 7.89. The van der Waals surface area contributed by atoms with Crippen LogP contribution in [0.25, 0.3) is 0 Å². The van der Waals surface area contributed by atoms with Crippen LogP contribution in [0.4, 0.5) is 5.69 Å². The molecule has 0 unspecified atom stereocenters. The Hall–Kier alpha value is -2.76. The molecule has 3 rings (SSSR count). The highest BCUT2D eigenvalue weighted by Crippen LogP contribution is 2.23. The van der Waals surface area contributed by atoms with Gasteiger partial charge in [-0.05, 0) is 42.1 Å². The Morgan fingerprint density at radius 1 is 1.23 bits per heavy atom. The molecule has 1 aliphatic heterocycles. The first-order valence-corrected chi connectivity index (χ1v) is 12.1. The van der Waals surface area contributed by atoms with Gasteiger partial charge in [0.25, 0.3) is 0 Å². The molecule has 0 aliphatic carbocycles. The number of carbonyl (C=O) groups is 3. The second kappa shape index (κ2) is 10.0. The van der Waals surface area contributed by atoms with Gasteiger partial charge in [0.05, 0.1) is 11.3 Å². The summed E-state index contributed by atoms with van der Waals surface area (Å²) in [5.41, 5.74) is 0.463. The number of benzene rings is 1. The molecular weight excluding hydrogens is 440 g/mol. The Morgan fingerprint density at radius 3 is 2.61 bits per heavy atom. The summed E-state index contributed by atoms with van der Waals surface area (Å²) in [4.78, 5) is 37.1. The van der Waals surface area contributed by atoms with Gasteiger partial charge in [0.2, 0.25) is 27.7 Å². The lowest BCUT2D eigenvalue weighted by Gasteiger charge is -2.33. The van der Waals surface area contributed by atoms with E-state index in [1.165, 1.54) is 31.2 Å². The number of amides is 3. The molecule has 3 N–H and O–H groups in total. The zero-order valence-electron chi connectivity index (χ0n) is 17.0. The van der Waals surface area contributed by atoms with E-state index in [9.17, 15) is 22.8 Å². The number of rotatable bonds is 8. The van der Waals surface area contributed by atoms with Crippen LogP contribution in [-0.4, -0.2) is 56.1 Å². The molecule has 0 spiro atoms. The maximum atomic E-state index is 13.2. The van der Waals surface area contributed by atoms with Crippen molar-refractivity contribution in [2.75, 3.05) is 25.0 Å². The molecule has 1 saturated heterocycles. The quantitative estimate of drug-likeness (QED) is 0.536. The Balaban J connectivity index is 1.69. The zero-order chi connectivity index (χ0) is 22.4. The van der Waals surface area contributed by atoms with Crippen molar-refractivity contribution in [2.24, 2.45) is 0 Å². The Labute approximate surface area is 184 Å². The molecule has 1 fully saturated rings. The third kappa shape index (κ3) is 5.90. The van der Waals surface area contributed by atoms with Crippen molar-refractivity contribution < 1.29 is 22.8 Å². The highest BCUT2D eigenvalue weighted by atomic mass is 32.2. The maximum Gasteiger partial charge on any atom is 0.243 e. The Kier molecular flexibility index (Phi) is 7.42. The van der Waals surface area contributed by atoms with Crippen molar-refractivity contribution in [3.05, 3.63) is 46.7 Å². The van der Waals surface area contributed by atoms with Gasteiger partial charge in [0, 0.05) is 37.1 Å². The van der Waals surface area contributed by atoms with E-state index in [4.69, 9.17) is 0 Å². The minimum Gasteiger partial charge on any atom is -0.356 e. The van der Waals surface area contributed by atoms with Crippen LogP contribution in [0.15, 0.2) is 46.7 Å². The predicted molar refractivity (Wildman–Crippen MR) is 117 cm³/mol. The largest absolute Gasteiger partial charge is 0.356 e. The molecule has 166 valence electrons. The summed E-state index contributed by atoms with van der Waals surface area (Å²) in [7, 11) is -4.01. The van der Waals surface area contributed by atoms with E-state index in [1.807, 2.05) is 17.5 Å². The third-order valence-corrected chi connectivity index (χ3v) is 7.57. The van der Waals surface area contributed by atoms with Crippen LogP contribution in [0.2, 0.25) is 0 Å². The molecule has 1 aromatic carbocycles. The van der Waals surface area contributed by atoms with Gasteiger partial charge < -0.3 is 16.0 Å². The van der Waals surface area contributed by atoms with E-state index in [-0.39, 0.29) is 36.2 Å². The lowest BCUT2D eigenvalue weighted by atomic mass is 10.1. The number of anilines is 1. The number of nitrogens with zero attached hydrogens (tertiary/aromatic N) is 1. The smallest absolute Gasteiger partial charge is 0.243 e. The van der Waals surface area contributed by atoms with E-state index in [0.717, 1.165) is 9.18 Å². The average molecular weight is 465 g/mol.